The van der Waals surface area contributed by atoms with Crippen molar-refractivity contribution in [2.45, 2.75) is 25.3 Å². The van der Waals surface area contributed by atoms with Gasteiger partial charge in [-0.3, -0.25) is 4.79 Å². The van der Waals surface area contributed by atoms with Crippen LogP contribution in [0.15, 0.2) is 30.3 Å². The highest BCUT2D eigenvalue weighted by Gasteiger charge is 2.23. The molecule has 0 bridgehead atoms. The van der Waals surface area contributed by atoms with Gasteiger partial charge in [-0.05, 0) is 30.9 Å². The smallest absolute Gasteiger partial charge is 0.217 e. The first-order valence-corrected chi connectivity index (χ1v) is 5.82. The summed E-state index contributed by atoms with van der Waals surface area (Å²) >= 11 is 0. The zero-order chi connectivity index (χ0) is 11.4. The average molecular weight is 218 g/mol. The fraction of sp³-hybridized carbons (Fsp3) is 0.462. The third-order valence-corrected chi connectivity index (χ3v) is 3.20. The number of benzene rings is 1. The molecule has 0 aliphatic carbocycles. The standard InChI is InChI=1S/C13H18N2O/c14-13(16)9-10-6-7-15-12(8-10)11-4-2-1-3-5-11/h1-5,10,12,15H,6-9H2,(H2,14,16)/t10-,12?/m1/s1. The van der Waals surface area contributed by atoms with Gasteiger partial charge in [0.05, 0.1) is 0 Å². The lowest BCUT2D eigenvalue weighted by Gasteiger charge is -2.30. The molecule has 0 radical (unpaired) electrons. The summed E-state index contributed by atoms with van der Waals surface area (Å²) in [5.41, 5.74) is 6.55. The van der Waals surface area contributed by atoms with Crippen molar-refractivity contribution in [2.75, 3.05) is 6.54 Å². The number of hydrogen-bond donors (Lipinski definition) is 2. The van der Waals surface area contributed by atoms with Crippen LogP contribution in [0.3, 0.4) is 0 Å². The highest BCUT2D eigenvalue weighted by Crippen LogP contribution is 2.28. The van der Waals surface area contributed by atoms with E-state index in [1.807, 2.05) is 6.07 Å². The molecule has 1 aromatic rings. The van der Waals surface area contributed by atoms with Crippen LogP contribution in [0.4, 0.5) is 0 Å². The summed E-state index contributed by atoms with van der Waals surface area (Å²) in [5, 5.41) is 3.49. The Bertz CT molecular complexity index is 350. The van der Waals surface area contributed by atoms with E-state index >= 15 is 0 Å². The van der Waals surface area contributed by atoms with Gasteiger partial charge in [0.15, 0.2) is 0 Å². The molecule has 16 heavy (non-hydrogen) atoms. The second-order valence-electron chi connectivity index (χ2n) is 4.48. The number of amides is 1. The topological polar surface area (TPSA) is 55.1 Å². The summed E-state index contributed by atoms with van der Waals surface area (Å²) in [6.07, 6.45) is 2.57. The summed E-state index contributed by atoms with van der Waals surface area (Å²) < 4.78 is 0. The van der Waals surface area contributed by atoms with Crippen molar-refractivity contribution in [3.05, 3.63) is 35.9 Å². The van der Waals surface area contributed by atoms with Crippen molar-refractivity contribution in [1.82, 2.24) is 5.32 Å². The van der Waals surface area contributed by atoms with Gasteiger partial charge in [0.1, 0.15) is 0 Å². The second kappa shape index (κ2) is 5.12. The molecule has 1 saturated heterocycles. The minimum Gasteiger partial charge on any atom is -0.370 e. The predicted octanol–water partition coefficient (Wildman–Crippen LogP) is 1.60. The molecule has 1 unspecified atom stereocenters. The number of hydrogen-bond acceptors (Lipinski definition) is 2. The van der Waals surface area contributed by atoms with E-state index in [0.717, 1.165) is 19.4 Å². The molecule has 1 fully saturated rings. The van der Waals surface area contributed by atoms with Crippen LogP contribution in [-0.2, 0) is 4.79 Å². The fourth-order valence-corrected chi connectivity index (χ4v) is 2.41. The van der Waals surface area contributed by atoms with Crippen LogP contribution in [0.2, 0.25) is 0 Å². The highest BCUT2D eigenvalue weighted by atomic mass is 16.1. The van der Waals surface area contributed by atoms with Gasteiger partial charge in [0.25, 0.3) is 0 Å². The number of nitrogens with two attached hydrogens (primary N) is 1. The molecule has 0 aromatic heterocycles. The average Bonchev–Trinajstić information content (AvgIpc) is 2.30. The maximum absolute atomic E-state index is 10.9. The SMILES string of the molecule is NC(=O)C[C@@H]1CCNC(c2ccccc2)C1. The molecule has 2 rings (SSSR count). The number of nitrogens with one attached hydrogen (secondary N) is 1. The quantitative estimate of drug-likeness (QED) is 0.809. The lowest BCUT2D eigenvalue weighted by Crippen LogP contribution is -2.33. The summed E-state index contributed by atoms with van der Waals surface area (Å²) in [7, 11) is 0. The summed E-state index contributed by atoms with van der Waals surface area (Å²) in [6, 6.07) is 10.8. The van der Waals surface area contributed by atoms with E-state index < -0.39 is 0 Å². The molecular formula is C13H18N2O. The largest absolute Gasteiger partial charge is 0.370 e. The molecule has 1 aromatic carbocycles. The van der Waals surface area contributed by atoms with Gasteiger partial charge >= 0.3 is 0 Å². The van der Waals surface area contributed by atoms with Gasteiger partial charge in [0.2, 0.25) is 5.91 Å². The van der Waals surface area contributed by atoms with Crippen LogP contribution in [0.5, 0.6) is 0 Å². The molecule has 1 aliphatic heterocycles. The van der Waals surface area contributed by atoms with Gasteiger partial charge in [-0.1, -0.05) is 30.3 Å². The van der Waals surface area contributed by atoms with Gasteiger partial charge < -0.3 is 11.1 Å². The first-order valence-electron chi connectivity index (χ1n) is 5.82. The molecule has 1 heterocycles. The van der Waals surface area contributed by atoms with Gasteiger partial charge in [0, 0.05) is 12.5 Å². The van der Waals surface area contributed by atoms with E-state index in [1.165, 1.54) is 5.56 Å². The van der Waals surface area contributed by atoms with Crippen LogP contribution in [0.25, 0.3) is 0 Å². The number of primary amides is 1. The number of piperidine rings is 1. The molecular weight excluding hydrogens is 200 g/mol. The molecule has 86 valence electrons. The Balaban J connectivity index is 1.99. The van der Waals surface area contributed by atoms with Crippen LogP contribution in [0, 0.1) is 5.92 Å². The van der Waals surface area contributed by atoms with Crippen LogP contribution >= 0.6 is 0 Å². The van der Waals surface area contributed by atoms with Crippen LogP contribution < -0.4 is 11.1 Å². The van der Waals surface area contributed by atoms with Crippen molar-refractivity contribution in [3.63, 3.8) is 0 Å². The first kappa shape index (κ1) is 11.1. The first-order chi connectivity index (χ1) is 7.75. The van der Waals surface area contributed by atoms with Crippen LogP contribution in [-0.4, -0.2) is 12.5 Å². The van der Waals surface area contributed by atoms with Gasteiger partial charge in [-0.15, -0.1) is 0 Å². The predicted molar refractivity (Wildman–Crippen MR) is 63.7 cm³/mol. The summed E-state index contributed by atoms with van der Waals surface area (Å²) in [5.74, 6) is 0.252. The van der Waals surface area contributed by atoms with Crippen molar-refractivity contribution < 1.29 is 4.79 Å². The van der Waals surface area contributed by atoms with E-state index in [2.05, 4.69) is 29.6 Å². The van der Waals surface area contributed by atoms with Crippen LogP contribution in [0.1, 0.15) is 30.9 Å². The van der Waals surface area contributed by atoms with E-state index in [9.17, 15) is 4.79 Å². The molecule has 3 nitrogen and oxygen atoms in total. The zero-order valence-corrected chi connectivity index (χ0v) is 9.36. The molecule has 3 N–H and O–H groups in total. The second-order valence-corrected chi connectivity index (χ2v) is 4.48. The molecule has 2 atom stereocenters. The zero-order valence-electron chi connectivity index (χ0n) is 9.36. The number of carbonyl (C=O) groups excluding carboxylic acids is 1. The lowest BCUT2D eigenvalue weighted by molar-refractivity contribution is -0.119. The lowest BCUT2D eigenvalue weighted by atomic mass is 9.86. The number of rotatable bonds is 3. The highest BCUT2D eigenvalue weighted by molar-refractivity contribution is 5.74. The minimum atomic E-state index is -0.182. The third kappa shape index (κ3) is 2.83. The van der Waals surface area contributed by atoms with Crippen molar-refractivity contribution in [3.8, 4) is 0 Å². The maximum Gasteiger partial charge on any atom is 0.217 e. The van der Waals surface area contributed by atoms with Crippen molar-refractivity contribution >= 4 is 5.91 Å². The normalized spacial score (nSPS) is 25.2. The fourth-order valence-electron chi connectivity index (χ4n) is 2.41. The molecule has 0 spiro atoms. The van der Waals surface area contributed by atoms with E-state index in [1.54, 1.807) is 0 Å². The minimum absolute atomic E-state index is 0.182. The Labute approximate surface area is 96.0 Å². The van der Waals surface area contributed by atoms with Crippen molar-refractivity contribution in [1.29, 1.82) is 0 Å². The monoisotopic (exact) mass is 218 g/mol. The Morgan fingerprint density at radius 3 is 2.81 bits per heavy atom. The van der Waals surface area contributed by atoms with E-state index in [-0.39, 0.29) is 5.91 Å². The molecule has 1 amide bonds. The Morgan fingerprint density at radius 2 is 2.12 bits per heavy atom. The van der Waals surface area contributed by atoms with Gasteiger partial charge in [-0.2, -0.15) is 0 Å². The third-order valence-electron chi connectivity index (χ3n) is 3.20. The van der Waals surface area contributed by atoms with E-state index in [0.29, 0.717) is 18.4 Å². The Kier molecular flexibility index (Phi) is 3.57. The van der Waals surface area contributed by atoms with E-state index in [4.69, 9.17) is 5.73 Å². The molecule has 3 heteroatoms. The Morgan fingerprint density at radius 1 is 1.38 bits per heavy atom. The van der Waals surface area contributed by atoms with Gasteiger partial charge in [-0.25, -0.2) is 0 Å². The maximum atomic E-state index is 10.9. The summed E-state index contributed by atoms with van der Waals surface area (Å²) in [4.78, 5) is 10.9. The summed E-state index contributed by atoms with van der Waals surface area (Å²) in [6.45, 7) is 0.970. The Hall–Kier alpha value is -1.35. The van der Waals surface area contributed by atoms with Crippen molar-refractivity contribution in [2.24, 2.45) is 11.7 Å². The molecule has 1 aliphatic rings. The molecule has 0 saturated carbocycles. The number of carbonyl (C=O) groups is 1.